The van der Waals surface area contributed by atoms with Gasteiger partial charge in [0.2, 0.25) is 0 Å². The van der Waals surface area contributed by atoms with Crippen LogP contribution in [0.25, 0.3) is 22.0 Å². The number of nitrogens with zero attached hydrogens (tertiary/aromatic N) is 3. The van der Waals surface area contributed by atoms with Crippen molar-refractivity contribution in [1.29, 1.82) is 5.26 Å². The molecule has 1 amide bonds. The highest BCUT2D eigenvalue weighted by atomic mass is 35.5. The lowest BCUT2D eigenvalue weighted by Gasteiger charge is -2.29. The van der Waals surface area contributed by atoms with Crippen molar-refractivity contribution in [2.45, 2.75) is 12.5 Å². The fourth-order valence-corrected chi connectivity index (χ4v) is 4.44. The highest BCUT2D eigenvalue weighted by Crippen LogP contribution is 2.43. The van der Waals surface area contributed by atoms with Gasteiger partial charge in [-0.15, -0.1) is 0 Å². The summed E-state index contributed by atoms with van der Waals surface area (Å²) in [6, 6.07) is 13.2. The smallest absolute Gasteiger partial charge is 0.264 e. The van der Waals surface area contributed by atoms with Crippen LogP contribution in [0.3, 0.4) is 0 Å². The molecular formula is C23H19ClN4O2. The molecule has 0 radical (unpaired) electrons. The Labute approximate surface area is 179 Å². The van der Waals surface area contributed by atoms with Crippen LogP contribution in [-0.4, -0.2) is 48.1 Å². The lowest BCUT2D eigenvalue weighted by molar-refractivity contribution is -0.138. The zero-order valence-corrected chi connectivity index (χ0v) is 16.9. The van der Waals surface area contributed by atoms with Crippen LogP contribution in [0, 0.1) is 11.3 Å². The van der Waals surface area contributed by atoms with Gasteiger partial charge in [-0.25, -0.2) is 0 Å². The molecule has 3 aromatic rings. The number of halogens is 1. The van der Waals surface area contributed by atoms with Crippen molar-refractivity contribution in [3.63, 3.8) is 0 Å². The number of piperazine rings is 1. The molecular weight excluding hydrogens is 400 g/mol. The first-order valence-electron chi connectivity index (χ1n) is 9.92. The summed E-state index contributed by atoms with van der Waals surface area (Å²) in [7, 11) is 0. The van der Waals surface area contributed by atoms with Crippen molar-refractivity contribution >= 4 is 28.4 Å². The summed E-state index contributed by atoms with van der Waals surface area (Å²) in [4.78, 5) is 19.2. The molecule has 6 nitrogen and oxygen atoms in total. The number of carbonyl (C=O) groups is 1. The SMILES string of the molecule is N#Cc1ccc2c(-c3cc(Cl)cc4c3O[C@@H](C(=O)N3CCNCC3)C4)ccnc2c1. The standard InChI is InChI=1S/C23H19ClN4O2/c24-16-10-15-11-21(23(29)28-7-5-26-6-8-28)30-22(15)19(12-16)17-3-4-27-20-9-14(13-25)1-2-18(17)20/h1-4,9-10,12,21,26H,5-8,11H2/t21-/m1/s1. The highest BCUT2D eigenvalue weighted by Gasteiger charge is 2.35. The third-order valence-corrected chi connectivity index (χ3v) is 5.88. The first-order chi connectivity index (χ1) is 14.6. The van der Waals surface area contributed by atoms with E-state index in [0.29, 0.717) is 35.8 Å². The first kappa shape index (κ1) is 18.9. The summed E-state index contributed by atoms with van der Waals surface area (Å²) in [6.07, 6.45) is 1.69. The fourth-order valence-electron chi connectivity index (χ4n) is 4.20. The topological polar surface area (TPSA) is 78.2 Å². The van der Waals surface area contributed by atoms with E-state index < -0.39 is 6.10 Å². The average molecular weight is 419 g/mol. The van der Waals surface area contributed by atoms with Gasteiger partial charge in [0, 0.05) is 60.3 Å². The number of hydrogen-bond donors (Lipinski definition) is 1. The first-order valence-corrected chi connectivity index (χ1v) is 10.3. The minimum atomic E-state index is -0.534. The molecule has 150 valence electrons. The van der Waals surface area contributed by atoms with Gasteiger partial charge in [0.15, 0.2) is 6.10 Å². The van der Waals surface area contributed by atoms with E-state index in [0.717, 1.165) is 40.7 Å². The van der Waals surface area contributed by atoms with E-state index in [-0.39, 0.29) is 5.91 Å². The van der Waals surface area contributed by atoms with Gasteiger partial charge in [0.25, 0.3) is 5.91 Å². The predicted molar refractivity (Wildman–Crippen MR) is 114 cm³/mol. The molecule has 0 bridgehead atoms. The molecule has 1 saturated heterocycles. The van der Waals surface area contributed by atoms with Gasteiger partial charge in [0.1, 0.15) is 5.75 Å². The van der Waals surface area contributed by atoms with E-state index in [4.69, 9.17) is 16.3 Å². The fraction of sp³-hybridized carbons (Fsp3) is 0.261. The average Bonchev–Trinajstić information content (AvgIpc) is 3.21. The summed E-state index contributed by atoms with van der Waals surface area (Å²) in [6.45, 7) is 2.99. The summed E-state index contributed by atoms with van der Waals surface area (Å²) < 4.78 is 6.21. The lowest BCUT2D eigenvalue weighted by Crippen LogP contribution is -2.50. The number of nitriles is 1. The molecule has 2 aliphatic heterocycles. The number of pyridine rings is 1. The van der Waals surface area contributed by atoms with E-state index in [1.54, 1.807) is 18.3 Å². The van der Waals surface area contributed by atoms with E-state index in [2.05, 4.69) is 16.4 Å². The minimum Gasteiger partial charge on any atom is -0.479 e. The van der Waals surface area contributed by atoms with Crippen LogP contribution in [0.1, 0.15) is 11.1 Å². The molecule has 0 aliphatic carbocycles. The Balaban J connectivity index is 1.55. The Morgan fingerprint density at radius 1 is 1.20 bits per heavy atom. The number of rotatable bonds is 2. The Morgan fingerprint density at radius 2 is 2.03 bits per heavy atom. The Bertz CT molecular complexity index is 1200. The second-order valence-corrected chi connectivity index (χ2v) is 7.97. The second kappa shape index (κ2) is 7.60. The Morgan fingerprint density at radius 3 is 2.83 bits per heavy atom. The molecule has 0 saturated carbocycles. The number of carbonyl (C=O) groups excluding carboxylic acids is 1. The summed E-state index contributed by atoms with van der Waals surface area (Å²) in [5.74, 6) is 0.720. The number of benzene rings is 2. The molecule has 1 atom stereocenters. The van der Waals surface area contributed by atoms with Crippen molar-refractivity contribution in [3.05, 3.63) is 58.7 Å². The molecule has 1 aromatic heterocycles. The lowest BCUT2D eigenvalue weighted by atomic mass is 9.97. The van der Waals surface area contributed by atoms with Crippen molar-refractivity contribution in [3.8, 4) is 22.9 Å². The third kappa shape index (κ3) is 3.26. The van der Waals surface area contributed by atoms with Crippen molar-refractivity contribution < 1.29 is 9.53 Å². The zero-order valence-electron chi connectivity index (χ0n) is 16.2. The van der Waals surface area contributed by atoms with Crippen LogP contribution in [0.4, 0.5) is 0 Å². The number of nitrogens with one attached hydrogen (secondary N) is 1. The molecule has 0 unspecified atom stereocenters. The van der Waals surface area contributed by atoms with Gasteiger partial charge < -0.3 is 15.0 Å². The van der Waals surface area contributed by atoms with Gasteiger partial charge in [-0.2, -0.15) is 5.26 Å². The van der Waals surface area contributed by atoms with Crippen LogP contribution in [0.15, 0.2) is 42.6 Å². The van der Waals surface area contributed by atoms with Crippen molar-refractivity contribution in [2.24, 2.45) is 0 Å². The van der Waals surface area contributed by atoms with Crippen LogP contribution in [-0.2, 0) is 11.2 Å². The maximum Gasteiger partial charge on any atom is 0.264 e. The number of amides is 1. The summed E-state index contributed by atoms with van der Waals surface area (Å²) in [5.41, 5.74) is 3.97. The molecule has 5 rings (SSSR count). The molecule has 0 spiro atoms. The number of hydrogen-bond acceptors (Lipinski definition) is 5. The maximum absolute atomic E-state index is 13.0. The largest absolute Gasteiger partial charge is 0.479 e. The Kier molecular flexibility index (Phi) is 4.78. The normalized spacial score (nSPS) is 18.0. The van der Waals surface area contributed by atoms with Crippen molar-refractivity contribution in [2.75, 3.05) is 26.2 Å². The van der Waals surface area contributed by atoms with Crippen molar-refractivity contribution in [1.82, 2.24) is 15.2 Å². The zero-order chi connectivity index (χ0) is 20.7. The Hall–Kier alpha value is -3.14. The van der Waals surface area contributed by atoms with E-state index in [1.165, 1.54) is 0 Å². The summed E-state index contributed by atoms with van der Waals surface area (Å²) in [5, 5.41) is 13.9. The van der Waals surface area contributed by atoms with E-state index in [1.807, 2.05) is 29.2 Å². The minimum absolute atomic E-state index is 0.0213. The molecule has 1 fully saturated rings. The number of aromatic nitrogens is 1. The van der Waals surface area contributed by atoms with Crippen LogP contribution >= 0.6 is 11.6 Å². The molecule has 3 heterocycles. The van der Waals surface area contributed by atoms with Gasteiger partial charge in [-0.1, -0.05) is 17.7 Å². The monoisotopic (exact) mass is 418 g/mol. The van der Waals surface area contributed by atoms with Crippen LogP contribution in [0.5, 0.6) is 5.75 Å². The van der Waals surface area contributed by atoms with Crippen LogP contribution < -0.4 is 10.1 Å². The van der Waals surface area contributed by atoms with Gasteiger partial charge >= 0.3 is 0 Å². The second-order valence-electron chi connectivity index (χ2n) is 7.53. The molecule has 2 aromatic carbocycles. The third-order valence-electron chi connectivity index (χ3n) is 5.66. The van der Waals surface area contributed by atoms with Gasteiger partial charge in [-0.05, 0) is 35.9 Å². The van der Waals surface area contributed by atoms with Gasteiger partial charge in [0.05, 0.1) is 17.1 Å². The van der Waals surface area contributed by atoms with E-state index in [9.17, 15) is 10.1 Å². The molecule has 30 heavy (non-hydrogen) atoms. The predicted octanol–water partition coefficient (Wildman–Crippen LogP) is 3.16. The molecule has 1 N–H and O–H groups in total. The van der Waals surface area contributed by atoms with Crippen LogP contribution in [0.2, 0.25) is 5.02 Å². The quantitative estimate of drug-likeness (QED) is 0.691. The molecule has 2 aliphatic rings. The van der Waals surface area contributed by atoms with Gasteiger partial charge in [-0.3, -0.25) is 9.78 Å². The molecule has 7 heteroatoms. The van der Waals surface area contributed by atoms with E-state index >= 15 is 0 Å². The maximum atomic E-state index is 13.0. The highest BCUT2D eigenvalue weighted by molar-refractivity contribution is 6.31. The number of fused-ring (bicyclic) bond motifs is 2. The number of ether oxygens (including phenoxy) is 1. The summed E-state index contributed by atoms with van der Waals surface area (Å²) >= 11 is 6.44.